The van der Waals surface area contributed by atoms with Gasteiger partial charge >= 0.3 is 0 Å². The molecule has 0 heterocycles. The van der Waals surface area contributed by atoms with Crippen molar-refractivity contribution in [2.45, 2.75) is 46.5 Å². The van der Waals surface area contributed by atoms with Gasteiger partial charge in [0.1, 0.15) is 18.1 Å². The van der Waals surface area contributed by atoms with E-state index < -0.39 is 0 Å². The number of unbranched alkanes of at least 4 members (excludes halogenated alkanes) is 3. The summed E-state index contributed by atoms with van der Waals surface area (Å²) in [6.07, 6.45) is 4.90. The second kappa shape index (κ2) is 10.7. The molecule has 136 valence electrons. The number of anilines is 1. The van der Waals surface area contributed by atoms with E-state index in [1.54, 1.807) is 0 Å². The Balaban J connectivity index is 1.70. The second-order valence-electron chi connectivity index (χ2n) is 6.54. The van der Waals surface area contributed by atoms with E-state index in [1.165, 1.54) is 30.4 Å². The molecule has 0 aliphatic heterocycles. The molecule has 0 spiro atoms. The third-order valence-corrected chi connectivity index (χ3v) is 4.00. The molecule has 0 aromatic heterocycles. The molecule has 25 heavy (non-hydrogen) atoms. The van der Waals surface area contributed by atoms with Crippen molar-refractivity contribution in [3.8, 4) is 11.5 Å². The van der Waals surface area contributed by atoms with Crippen LogP contribution in [0.25, 0.3) is 0 Å². The van der Waals surface area contributed by atoms with Crippen LogP contribution >= 0.6 is 0 Å². The summed E-state index contributed by atoms with van der Waals surface area (Å²) in [5.74, 6) is 1.86. The molecule has 0 bridgehead atoms. The Morgan fingerprint density at radius 1 is 0.800 bits per heavy atom. The van der Waals surface area contributed by atoms with Gasteiger partial charge in [0.2, 0.25) is 0 Å². The lowest BCUT2D eigenvalue weighted by Crippen LogP contribution is -2.11. The molecule has 0 saturated heterocycles. The van der Waals surface area contributed by atoms with Gasteiger partial charge in [0, 0.05) is 18.3 Å². The summed E-state index contributed by atoms with van der Waals surface area (Å²) in [4.78, 5) is 0. The van der Waals surface area contributed by atoms with E-state index in [-0.39, 0.29) is 0 Å². The fraction of sp³-hybridized carbons (Fsp3) is 0.455. The average molecular weight is 341 g/mol. The normalized spacial score (nSPS) is 10.5. The third kappa shape index (κ3) is 7.51. The minimum absolute atomic E-state index is 0.630. The van der Waals surface area contributed by atoms with E-state index in [0.717, 1.165) is 36.8 Å². The van der Waals surface area contributed by atoms with Crippen molar-refractivity contribution in [1.82, 2.24) is 0 Å². The van der Waals surface area contributed by atoms with E-state index in [2.05, 4.69) is 56.4 Å². The molecule has 1 N–H and O–H groups in total. The maximum absolute atomic E-state index is 5.83. The van der Waals surface area contributed by atoms with Gasteiger partial charge in [-0.25, -0.2) is 0 Å². The third-order valence-electron chi connectivity index (χ3n) is 4.00. The van der Waals surface area contributed by atoms with Gasteiger partial charge in [0.15, 0.2) is 0 Å². The summed E-state index contributed by atoms with van der Waals surface area (Å²) in [7, 11) is 0. The number of benzene rings is 2. The number of aryl methyl sites for hydroxylation is 2. The van der Waals surface area contributed by atoms with Crippen molar-refractivity contribution in [3.05, 3.63) is 53.6 Å². The lowest BCUT2D eigenvalue weighted by atomic mass is 10.1. The Morgan fingerprint density at radius 2 is 1.56 bits per heavy atom. The van der Waals surface area contributed by atoms with E-state index in [1.807, 2.05) is 12.1 Å². The molecule has 3 heteroatoms. The first-order valence-electron chi connectivity index (χ1n) is 9.35. The van der Waals surface area contributed by atoms with E-state index in [9.17, 15) is 0 Å². The number of nitrogens with one attached hydrogen (secondary N) is 1. The Labute approximate surface area is 152 Å². The highest BCUT2D eigenvalue weighted by Gasteiger charge is 1.99. The zero-order chi connectivity index (χ0) is 17.9. The van der Waals surface area contributed by atoms with Gasteiger partial charge < -0.3 is 14.8 Å². The first-order chi connectivity index (χ1) is 12.2. The molecule has 0 unspecified atom stereocenters. The van der Waals surface area contributed by atoms with Crippen LogP contribution in [0.2, 0.25) is 0 Å². The zero-order valence-corrected chi connectivity index (χ0v) is 15.8. The van der Waals surface area contributed by atoms with E-state index in [0.29, 0.717) is 6.61 Å². The van der Waals surface area contributed by atoms with Gasteiger partial charge in [-0.2, -0.15) is 0 Å². The maximum atomic E-state index is 5.83. The Kier molecular flexibility index (Phi) is 8.17. The summed E-state index contributed by atoms with van der Waals surface area (Å²) in [6.45, 7) is 8.58. The van der Waals surface area contributed by atoms with Crippen LogP contribution in [-0.4, -0.2) is 19.8 Å². The van der Waals surface area contributed by atoms with Crippen LogP contribution in [0.1, 0.15) is 43.7 Å². The van der Waals surface area contributed by atoms with Gasteiger partial charge in [-0.15, -0.1) is 0 Å². The molecule has 3 nitrogen and oxygen atoms in total. The summed E-state index contributed by atoms with van der Waals surface area (Å²) in [5.41, 5.74) is 3.52. The van der Waals surface area contributed by atoms with Gasteiger partial charge in [-0.3, -0.25) is 0 Å². The van der Waals surface area contributed by atoms with Gasteiger partial charge in [-0.05, 0) is 55.7 Å². The summed E-state index contributed by atoms with van der Waals surface area (Å²) >= 11 is 0. The van der Waals surface area contributed by atoms with Crippen molar-refractivity contribution in [3.63, 3.8) is 0 Å². The van der Waals surface area contributed by atoms with Crippen LogP contribution < -0.4 is 14.8 Å². The molecule has 2 aromatic rings. The topological polar surface area (TPSA) is 30.5 Å². The fourth-order valence-corrected chi connectivity index (χ4v) is 2.80. The van der Waals surface area contributed by atoms with Crippen molar-refractivity contribution < 1.29 is 9.47 Å². The lowest BCUT2D eigenvalue weighted by Gasteiger charge is -2.11. The zero-order valence-electron chi connectivity index (χ0n) is 15.8. The molecule has 0 aliphatic rings. The Hall–Kier alpha value is -2.16. The fourth-order valence-electron chi connectivity index (χ4n) is 2.80. The van der Waals surface area contributed by atoms with Crippen LogP contribution in [-0.2, 0) is 0 Å². The first kappa shape index (κ1) is 19.2. The van der Waals surface area contributed by atoms with Crippen LogP contribution in [0.4, 0.5) is 5.69 Å². The van der Waals surface area contributed by atoms with E-state index >= 15 is 0 Å². The van der Waals surface area contributed by atoms with Crippen molar-refractivity contribution in [2.75, 3.05) is 25.1 Å². The first-order valence-corrected chi connectivity index (χ1v) is 9.35. The quantitative estimate of drug-likeness (QED) is 0.528. The van der Waals surface area contributed by atoms with Crippen LogP contribution in [0.15, 0.2) is 42.5 Å². The molecule has 2 rings (SSSR count). The SMILES string of the molecule is CCCCCCOc1cccc(NCCOc2cc(C)cc(C)c2)c1. The minimum Gasteiger partial charge on any atom is -0.494 e. The highest BCUT2D eigenvalue weighted by molar-refractivity contribution is 5.48. The number of hydrogen-bond acceptors (Lipinski definition) is 3. The lowest BCUT2D eigenvalue weighted by molar-refractivity contribution is 0.305. The predicted octanol–water partition coefficient (Wildman–Crippen LogP) is 5.75. The second-order valence-corrected chi connectivity index (χ2v) is 6.54. The molecular weight excluding hydrogens is 310 g/mol. The molecule has 0 fully saturated rings. The number of ether oxygens (including phenoxy) is 2. The highest BCUT2D eigenvalue weighted by atomic mass is 16.5. The van der Waals surface area contributed by atoms with Crippen molar-refractivity contribution in [1.29, 1.82) is 0 Å². The molecule has 0 atom stereocenters. The summed E-state index contributed by atoms with van der Waals surface area (Å²) in [6, 6.07) is 14.4. The molecule has 0 radical (unpaired) electrons. The Morgan fingerprint density at radius 3 is 2.32 bits per heavy atom. The number of rotatable bonds is 11. The van der Waals surface area contributed by atoms with Crippen molar-refractivity contribution in [2.24, 2.45) is 0 Å². The minimum atomic E-state index is 0.630. The smallest absolute Gasteiger partial charge is 0.121 e. The van der Waals surface area contributed by atoms with Gasteiger partial charge in [0.25, 0.3) is 0 Å². The van der Waals surface area contributed by atoms with Crippen molar-refractivity contribution >= 4 is 5.69 Å². The average Bonchev–Trinajstić information content (AvgIpc) is 2.58. The van der Waals surface area contributed by atoms with Crippen LogP contribution in [0.3, 0.4) is 0 Å². The van der Waals surface area contributed by atoms with Crippen LogP contribution in [0, 0.1) is 13.8 Å². The monoisotopic (exact) mass is 341 g/mol. The van der Waals surface area contributed by atoms with Gasteiger partial charge in [-0.1, -0.05) is 38.3 Å². The highest BCUT2D eigenvalue weighted by Crippen LogP contribution is 2.18. The molecular formula is C22H31NO2. The van der Waals surface area contributed by atoms with E-state index in [4.69, 9.17) is 9.47 Å². The summed E-state index contributed by atoms with van der Waals surface area (Å²) < 4.78 is 11.7. The number of hydrogen-bond donors (Lipinski definition) is 1. The van der Waals surface area contributed by atoms with Crippen LogP contribution in [0.5, 0.6) is 11.5 Å². The predicted molar refractivity (Wildman–Crippen MR) is 106 cm³/mol. The summed E-state index contributed by atoms with van der Waals surface area (Å²) in [5, 5.41) is 3.39. The maximum Gasteiger partial charge on any atom is 0.121 e. The molecule has 0 saturated carbocycles. The molecule has 0 amide bonds. The Bertz CT molecular complexity index is 619. The standard InChI is InChI=1S/C22H31NO2/c1-4-5-6-7-12-24-21-10-8-9-20(17-21)23-11-13-25-22-15-18(2)14-19(3)16-22/h8-10,14-17,23H,4-7,11-13H2,1-3H3. The largest absolute Gasteiger partial charge is 0.494 e. The molecule has 2 aromatic carbocycles. The van der Waals surface area contributed by atoms with Gasteiger partial charge in [0.05, 0.1) is 6.61 Å². The molecule has 0 aliphatic carbocycles.